The van der Waals surface area contributed by atoms with E-state index in [1.807, 2.05) is 0 Å². The molecular formula is C14H28N2O. The van der Waals surface area contributed by atoms with Crippen LogP contribution in [0.1, 0.15) is 46.0 Å². The Kier molecular flexibility index (Phi) is 4.83. The third-order valence-corrected chi connectivity index (χ3v) is 4.73. The van der Waals surface area contributed by atoms with Gasteiger partial charge in [0.1, 0.15) is 0 Å². The largest absolute Gasteiger partial charge is 0.391 e. The highest BCUT2D eigenvalue weighted by Gasteiger charge is 2.31. The summed E-state index contributed by atoms with van der Waals surface area (Å²) in [5, 5.41) is 10.1. The Bertz CT molecular complexity index is 226. The topological polar surface area (TPSA) is 26.7 Å². The zero-order valence-electron chi connectivity index (χ0n) is 11.4. The molecule has 1 saturated heterocycles. The maximum Gasteiger partial charge on any atom is 0.0695 e. The number of rotatable bonds is 3. The van der Waals surface area contributed by atoms with Gasteiger partial charge in [-0.3, -0.25) is 9.80 Å². The SMILES string of the molecule is CCC(C)N1CCN([C@@H]2CCCC[C@H]2O)CC1. The van der Waals surface area contributed by atoms with E-state index in [0.717, 1.165) is 19.5 Å². The van der Waals surface area contributed by atoms with Gasteiger partial charge in [-0.05, 0) is 26.2 Å². The Hall–Kier alpha value is -0.120. The zero-order chi connectivity index (χ0) is 12.3. The number of nitrogens with zero attached hydrogens (tertiary/aromatic N) is 2. The lowest BCUT2D eigenvalue weighted by Gasteiger charge is -2.44. The molecule has 100 valence electrons. The van der Waals surface area contributed by atoms with Crippen LogP contribution in [0.25, 0.3) is 0 Å². The molecule has 1 saturated carbocycles. The summed E-state index contributed by atoms with van der Waals surface area (Å²) >= 11 is 0. The smallest absolute Gasteiger partial charge is 0.0695 e. The Morgan fingerprint density at radius 3 is 2.35 bits per heavy atom. The Morgan fingerprint density at radius 2 is 1.76 bits per heavy atom. The van der Waals surface area contributed by atoms with Crippen LogP contribution in [0.4, 0.5) is 0 Å². The van der Waals surface area contributed by atoms with Crippen molar-refractivity contribution in [1.29, 1.82) is 0 Å². The van der Waals surface area contributed by atoms with Crippen LogP contribution in [0, 0.1) is 0 Å². The van der Waals surface area contributed by atoms with Crippen molar-refractivity contribution in [3.05, 3.63) is 0 Å². The highest BCUT2D eigenvalue weighted by Crippen LogP contribution is 2.24. The molecule has 17 heavy (non-hydrogen) atoms. The lowest BCUT2D eigenvalue weighted by atomic mass is 9.91. The highest BCUT2D eigenvalue weighted by molar-refractivity contribution is 4.86. The molecule has 1 unspecified atom stereocenters. The summed E-state index contributed by atoms with van der Waals surface area (Å²) in [7, 11) is 0. The van der Waals surface area contributed by atoms with Gasteiger partial charge in [0.25, 0.3) is 0 Å². The van der Waals surface area contributed by atoms with Crippen LogP contribution in [0.5, 0.6) is 0 Å². The van der Waals surface area contributed by atoms with Gasteiger partial charge in [0.15, 0.2) is 0 Å². The van der Waals surface area contributed by atoms with Crippen LogP contribution in [-0.2, 0) is 0 Å². The van der Waals surface area contributed by atoms with Crippen molar-refractivity contribution in [3.63, 3.8) is 0 Å². The van der Waals surface area contributed by atoms with Crippen LogP contribution in [0.15, 0.2) is 0 Å². The van der Waals surface area contributed by atoms with E-state index in [1.165, 1.54) is 38.8 Å². The molecule has 1 aliphatic carbocycles. The molecule has 0 aromatic rings. The van der Waals surface area contributed by atoms with E-state index < -0.39 is 0 Å². The first-order chi connectivity index (χ1) is 8.22. The second-order valence-electron chi connectivity index (χ2n) is 5.75. The molecule has 0 bridgehead atoms. The van der Waals surface area contributed by atoms with Gasteiger partial charge >= 0.3 is 0 Å². The molecule has 0 spiro atoms. The summed E-state index contributed by atoms with van der Waals surface area (Å²) in [6.07, 6.45) is 5.89. The van der Waals surface area contributed by atoms with E-state index in [0.29, 0.717) is 12.1 Å². The van der Waals surface area contributed by atoms with Gasteiger partial charge < -0.3 is 5.11 Å². The van der Waals surface area contributed by atoms with E-state index >= 15 is 0 Å². The molecule has 3 heteroatoms. The number of piperazine rings is 1. The number of aliphatic hydroxyl groups is 1. The van der Waals surface area contributed by atoms with Crippen molar-refractivity contribution >= 4 is 0 Å². The first-order valence-corrected chi connectivity index (χ1v) is 7.38. The Balaban J connectivity index is 1.81. The molecule has 2 aliphatic rings. The lowest BCUT2D eigenvalue weighted by molar-refractivity contribution is -0.00955. The standard InChI is InChI=1S/C14H28N2O/c1-3-12(2)15-8-10-16(11-9-15)13-6-4-5-7-14(13)17/h12-14,17H,3-11H2,1-2H3/t12?,13-,14-/m1/s1. The Labute approximate surface area is 106 Å². The normalized spacial score (nSPS) is 34.8. The molecule has 0 aromatic carbocycles. The highest BCUT2D eigenvalue weighted by atomic mass is 16.3. The van der Waals surface area contributed by atoms with Crippen LogP contribution in [0.2, 0.25) is 0 Å². The average Bonchev–Trinajstić information content (AvgIpc) is 2.39. The van der Waals surface area contributed by atoms with Crippen molar-refractivity contribution in [2.24, 2.45) is 0 Å². The van der Waals surface area contributed by atoms with Gasteiger partial charge in [-0.1, -0.05) is 19.8 Å². The number of hydrogen-bond donors (Lipinski definition) is 1. The molecule has 2 rings (SSSR count). The van der Waals surface area contributed by atoms with Crippen molar-refractivity contribution in [2.45, 2.75) is 64.1 Å². The average molecular weight is 240 g/mol. The van der Waals surface area contributed by atoms with Crippen LogP contribution < -0.4 is 0 Å². The predicted octanol–water partition coefficient (Wildman–Crippen LogP) is 1.71. The third kappa shape index (κ3) is 3.21. The van der Waals surface area contributed by atoms with Crippen molar-refractivity contribution in [3.8, 4) is 0 Å². The molecule has 0 radical (unpaired) electrons. The van der Waals surface area contributed by atoms with Gasteiger partial charge in [-0.25, -0.2) is 0 Å². The summed E-state index contributed by atoms with van der Waals surface area (Å²) in [5.74, 6) is 0. The van der Waals surface area contributed by atoms with Gasteiger partial charge in [-0.15, -0.1) is 0 Å². The maximum atomic E-state index is 10.1. The maximum absolute atomic E-state index is 10.1. The second-order valence-corrected chi connectivity index (χ2v) is 5.75. The van der Waals surface area contributed by atoms with Gasteiger partial charge in [0.05, 0.1) is 6.10 Å². The number of hydrogen-bond acceptors (Lipinski definition) is 3. The minimum absolute atomic E-state index is 0.0705. The molecule has 0 aromatic heterocycles. The summed E-state index contributed by atoms with van der Waals surface area (Å²) in [6, 6.07) is 1.16. The monoisotopic (exact) mass is 240 g/mol. The fourth-order valence-corrected chi connectivity index (χ4v) is 3.29. The summed E-state index contributed by atoms with van der Waals surface area (Å²) in [5.41, 5.74) is 0. The third-order valence-electron chi connectivity index (χ3n) is 4.73. The molecule has 1 N–H and O–H groups in total. The van der Waals surface area contributed by atoms with E-state index in [2.05, 4.69) is 23.6 Å². The summed E-state index contributed by atoms with van der Waals surface area (Å²) < 4.78 is 0. The lowest BCUT2D eigenvalue weighted by Crippen LogP contribution is -2.55. The minimum Gasteiger partial charge on any atom is -0.391 e. The molecule has 1 heterocycles. The van der Waals surface area contributed by atoms with Gasteiger partial charge in [0, 0.05) is 38.3 Å². The predicted molar refractivity (Wildman–Crippen MR) is 71.2 cm³/mol. The van der Waals surface area contributed by atoms with Crippen LogP contribution >= 0.6 is 0 Å². The van der Waals surface area contributed by atoms with Crippen LogP contribution in [0.3, 0.4) is 0 Å². The van der Waals surface area contributed by atoms with Gasteiger partial charge in [0.2, 0.25) is 0 Å². The quantitative estimate of drug-likeness (QED) is 0.813. The van der Waals surface area contributed by atoms with E-state index in [1.54, 1.807) is 0 Å². The van der Waals surface area contributed by atoms with Crippen molar-refractivity contribution in [1.82, 2.24) is 9.80 Å². The second kappa shape index (κ2) is 6.17. The van der Waals surface area contributed by atoms with E-state index in [-0.39, 0.29) is 6.10 Å². The van der Waals surface area contributed by atoms with E-state index in [4.69, 9.17) is 0 Å². The first kappa shape index (κ1) is 13.3. The number of aliphatic hydroxyl groups excluding tert-OH is 1. The van der Waals surface area contributed by atoms with E-state index in [9.17, 15) is 5.11 Å². The first-order valence-electron chi connectivity index (χ1n) is 7.38. The molecule has 3 nitrogen and oxygen atoms in total. The summed E-state index contributed by atoms with van der Waals surface area (Å²) in [4.78, 5) is 5.12. The zero-order valence-corrected chi connectivity index (χ0v) is 11.4. The fraction of sp³-hybridized carbons (Fsp3) is 1.00. The fourth-order valence-electron chi connectivity index (χ4n) is 3.29. The van der Waals surface area contributed by atoms with Gasteiger partial charge in [-0.2, -0.15) is 0 Å². The molecular weight excluding hydrogens is 212 g/mol. The molecule has 2 fully saturated rings. The van der Waals surface area contributed by atoms with Crippen molar-refractivity contribution < 1.29 is 5.11 Å². The molecule has 3 atom stereocenters. The van der Waals surface area contributed by atoms with Crippen LogP contribution in [-0.4, -0.2) is 59.3 Å². The molecule has 0 amide bonds. The van der Waals surface area contributed by atoms with Crippen molar-refractivity contribution in [2.75, 3.05) is 26.2 Å². The molecule has 1 aliphatic heterocycles. The summed E-state index contributed by atoms with van der Waals surface area (Å²) in [6.45, 7) is 9.24. The minimum atomic E-state index is -0.0705. The Morgan fingerprint density at radius 1 is 1.12 bits per heavy atom.